The molecule has 0 aliphatic carbocycles. The summed E-state index contributed by atoms with van der Waals surface area (Å²) in [5, 5.41) is 8.90. The van der Waals surface area contributed by atoms with Crippen molar-refractivity contribution in [1.29, 1.82) is 0 Å². The van der Waals surface area contributed by atoms with Crippen LogP contribution < -0.4 is 4.57 Å². The molecule has 0 bridgehead atoms. The number of aromatic nitrogens is 1. The van der Waals surface area contributed by atoms with Crippen LogP contribution in [0.1, 0.15) is 0 Å². The first-order chi connectivity index (χ1) is 4.83. The third-order valence-electron chi connectivity index (χ3n) is 1.13. The number of carbonyl (C=O) groups excluding carboxylic acids is 1. The SMILES string of the molecule is O=CC[n+]1cccc(O)c1. The first kappa shape index (κ1) is 6.74. The lowest BCUT2D eigenvalue weighted by molar-refractivity contribution is -0.683. The van der Waals surface area contributed by atoms with Crippen molar-refractivity contribution in [2.24, 2.45) is 0 Å². The molecule has 1 N–H and O–H groups in total. The molecule has 0 fully saturated rings. The van der Waals surface area contributed by atoms with E-state index in [4.69, 9.17) is 5.11 Å². The summed E-state index contributed by atoms with van der Waals surface area (Å²) in [7, 11) is 0. The Balaban J connectivity index is 2.84. The van der Waals surface area contributed by atoms with Gasteiger partial charge in [-0.25, -0.2) is 0 Å². The number of aromatic hydroxyl groups is 1. The predicted molar refractivity (Wildman–Crippen MR) is 34.4 cm³/mol. The molecule has 1 rings (SSSR count). The lowest BCUT2D eigenvalue weighted by Crippen LogP contribution is -2.32. The van der Waals surface area contributed by atoms with Crippen molar-refractivity contribution in [3.63, 3.8) is 0 Å². The van der Waals surface area contributed by atoms with Gasteiger partial charge in [-0.3, -0.25) is 4.79 Å². The van der Waals surface area contributed by atoms with Crippen LogP contribution >= 0.6 is 0 Å². The number of nitrogens with zero attached hydrogens (tertiary/aromatic N) is 1. The Bertz CT molecular complexity index is 235. The number of rotatable bonds is 2. The van der Waals surface area contributed by atoms with Crippen LogP contribution in [0.15, 0.2) is 24.5 Å². The van der Waals surface area contributed by atoms with Gasteiger partial charge in [0.2, 0.25) is 12.7 Å². The summed E-state index contributed by atoms with van der Waals surface area (Å²) in [6, 6.07) is 3.24. The lowest BCUT2D eigenvalue weighted by Gasteiger charge is -1.88. The van der Waals surface area contributed by atoms with Gasteiger partial charge in [-0.05, 0) is 6.07 Å². The van der Waals surface area contributed by atoms with E-state index in [1.165, 1.54) is 6.20 Å². The van der Waals surface area contributed by atoms with Crippen LogP contribution in [0.25, 0.3) is 0 Å². The Morgan fingerprint density at radius 1 is 1.70 bits per heavy atom. The monoisotopic (exact) mass is 138 g/mol. The van der Waals surface area contributed by atoms with Crippen molar-refractivity contribution in [3.8, 4) is 5.75 Å². The number of aldehydes is 1. The van der Waals surface area contributed by atoms with Gasteiger partial charge in [0.1, 0.15) is 0 Å². The Morgan fingerprint density at radius 2 is 2.50 bits per heavy atom. The molecule has 0 saturated carbocycles. The van der Waals surface area contributed by atoms with Crippen LogP contribution in [-0.4, -0.2) is 11.4 Å². The standard InChI is InChI=1S/C7H7NO2/c9-5-4-8-3-1-2-7(10)6-8/h1-3,5-6H,4H2/p+1. The molecule has 3 nitrogen and oxygen atoms in total. The molecule has 0 saturated heterocycles. The summed E-state index contributed by atoms with van der Waals surface area (Å²) in [4.78, 5) is 9.98. The molecule has 0 atom stereocenters. The van der Waals surface area contributed by atoms with Gasteiger partial charge < -0.3 is 5.11 Å². The number of carbonyl (C=O) groups is 1. The Kier molecular flexibility index (Phi) is 1.99. The highest BCUT2D eigenvalue weighted by Crippen LogP contribution is 1.99. The highest BCUT2D eigenvalue weighted by Gasteiger charge is 1.97. The van der Waals surface area contributed by atoms with Crippen LogP contribution in [0.3, 0.4) is 0 Å². The number of pyridine rings is 1. The smallest absolute Gasteiger partial charge is 0.211 e. The van der Waals surface area contributed by atoms with Gasteiger partial charge >= 0.3 is 0 Å². The van der Waals surface area contributed by atoms with Gasteiger partial charge in [-0.2, -0.15) is 4.57 Å². The fourth-order valence-electron chi connectivity index (χ4n) is 0.708. The van der Waals surface area contributed by atoms with Crippen molar-refractivity contribution in [1.82, 2.24) is 0 Å². The zero-order chi connectivity index (χ0) is 7.40. The second-order valence-electron chi connectivity index (χ2n) is 1.93. The lowest BCUT2D eigenvalue weighted by atomic mass is 10.4. The van der Waals surface area contributed by atoms with Gasteiger partial charge in [0.15, 0.2) is 18.2 Å². The summed E-state index contributed by atoms with van der Waals surface area (Å²) in [5.74, 6) is 0.171. The van der Waals surface area contributed by atoms with E-state index in [1.807, 2.05) is 0 Å². The van der Waals surface area contributed by atoms with Gasteiger partial charge in [0, 0.05) is 6.07 Å². The van der Waals surface area contributed by atoms with Crippen molar-refractivity contribution < 1.29 is 14.5 Å². The predicted octanol–water partition coefficient (Wildman–Crippen LogP) is -0.121. The van der Waals surface area contributed by atoms with Crippen LogP contribution in [0, 0.1) is 0 Å². The van der Waals surface area contributed by atoms with E-state index in [0.29, 0.717) is 0 Å². The topological polar surface area (TPSA) is 41.2 Å². The highest BCUT2D eigenvalue weighted by atomic mass is 16.3. The van der Waals surface area contributed by atoms with E-state index in [0.717, 1.165) is 6.29 Å². The molecule has 52 valence electrons. The fraction of sp³-hybridized carbons (Fsp3) is 0.143. The minimum Gasteiger partial charge on any atom is -0.503 e. The van der Waals surface area contributed by atoms with Crippen LogP contribution in [0.2, 0.25) is 0 Å². The zero-order valence-corrected chi connectivity index (χ0v) is 5.40. The van der Waals surface area contributed by atoms with Gasteiger partial charge in [-0.1, -0.05) is 0 Å². The molecule has 1 heterocycles. The molecule has 0 aliphatic heterocycles. The van der Waals surface area contributed by atoms with Gasteiger partial charge in [0.05, 0.1) is 0 Å². The largest absolute Gasteiger partial charge is 0.503 e. The molecule has 0 aliphatic rings. The first-order valence-corrected chi connectivity index (χ1v) is 2.94. The molecule has 0 spiro atoms. The maximum atomic E-state index is 9.98. The van der Waals surface area contributed by atoms with Crippen molar-refractivity contribution in [2.75, 3.05) is 0 Å². The van der Waals surface area contributed by atoms with Gasteiger partial charge in [0.25, 0.3) is 0 Å². The summed E-state index contributed by atoms with van der Waals surface area (Å²) in [5.41, 5.74) is 0. The number of hydrogen-bond acceptors (Lipinski definition) is 2. The van der Waals surface area contributed by atoms with Crippen molar-refractivity contribution >= 4 is 6.29 Å². The summed E-state index contributed by atoms with van der Waals surface area (Å²) < 4.78 is 1.60. The highest BCUT2D eigenvalue weighted by molar-refractivity contribution is 5.46. The fourth-order valence-corrected chi connectivity index (χ4v) is 0.708. The zero-order valence-electron chi connectivity index (χ0n) is 5.40. The maximum absolute atomic E-state index is 9.98. The molecule has 10 heavy (non-hydrogen) atoms. The second kappa shape index (κ2) is 2.96. The van der Waals surface area contributed by atoms with E-state index in [-0.39, 0.29) is 12.3 Å². The maximum Gasteiger partial charge on any atom is 0.211 e. The van der Waals surface area contributed by atoms with E-state index < -0.39 is 0 Å². The molecule has 1 aromatic heterocycles. The summed E-state index contributed by atoms with van der Waals surface area (Å²) in [6.07, 6.45) is 3.99. The third kappa shape index (κ3) is 1.55. The molecule has 0 unspecified atom stereocenters. The third-order valence-corrected chi connectivity index (χ3v) is 1.13. The molecular weight excluding hydrogens is 130 g/mol. The quantitative estimate of drug-likeness (QED) is 0.457. The van der Waals surface area contributed by atoms with E-state index in [1.54, 1.807) is 22.9 Å². The van der Waals surface area contributed by atoms with Crippen molar-refractivity contribution in [2.45, 2.75) is 6.54 Å². The number of hydrogen-bond donors (Lipinski definition) is 1. The normalized spacial score (nSPS) is 9.20. The minimum absolute atomic E-state index is 0.171. The minimum atomic E-state index is 0.171. The van der Waals surface area contributed by atoms with E-state index in [9.17, 15) is 4.79 Å². The Hall–Kier alpha value is -1.38. The average Bonchev–Trinajstić information content (AvgIpc) is 1.88. The Morgan fingerprint density at radius 3 is 3.10 bits per heavy atom. The molecule has 0 radical (unpaired) electrons. The average molecular weight is 138 g/mol. The summed E-state index contributed by atoms with van der Waals surface area (Å²) in [6.45, 7) is 0.286. The van der Waals surface area contributed by atoms with E-state index >= 15 is 0 Å². The van der Waals surface area contributed by atoms with E-state index in [2.05, 4.69) is 0 Å². The van der Waals surface area contributed by atoms with Crippen LogP contribution in [-0.2, 0) is 11.3 Å². The summed E-state index contributed by atoms with van der Waals surface area (Å²) >= 11 is 0. The molecule has 3 heteroatoms. The molecular formula is C7H8NO2+. The molecule has 0 aromatic carbocycles. The van der Waals surface area contributed by atoms with Crippen LogP contribution in [0.5, 0.6) is 5.75 Å². The molecule has 1 aromatic rings. The molecule has 0 amide bonds. The second-order valence-corrected chi connectivity index (χ2v) is 1.93. The van der Waals surface area contributed by atoms with Crippen molar-refractivity contribution in [3.05, 3.63) is 24.5 Å². The van der Waals surface area contributed by atoms with Crippen LogP contribution in [0.4, 0.5) is 0 Å². The van der Waals surface area contributed by atoms with Gasteiger partial charge in [-0.15, -0.1) is 0 Å². The Labute approximate surface area is 58.5 Å². The first-order valence-electron chi connectivity index (χ1n) is 2.94.